The molecule has 0 bridgehead atoms. The van der Waals surface area contributed by atoms with Gasteiger partial charge in [-0.05, 0) is 25.3 Å². The Morgan fingerprint density at radius 2 is 1.62 bits per heavy atom. The molecule has 1 saturated heterocycles. The number of amides is 1. The van der Waals surface area contributed by atoms with Crippen molar-refractivity contribution in [3.05, 3.63) is 34.8 Å². The van der Waals surface area contributed by atoms with Crippen LogP contribution in [0.25, 0.3) is 4.98 Å². The van der Waals surface area contributed by atoms with Crippen molar-refractivity contribution in [2.24, 2.45) is 0 Å². The molecule has 1 aliphatic rings. The van der Waals surface area contributed by atoms with Gasteiger partial charge in [0.25, 0.3) is 5.91 Å². The van der Waals surface area contributed by atoms with Crippen LogP contribution in [0, 0.1) is 5.39 Å². The van der Waals surface area contributed by atoms with E-state index < -0.39 is 7.25 Å². The van der Waals surface area contributed by atoms with E-state index in [1.165, 1.54) is 6.42 Å². The topological polar surface area (TPSA) is 48.5 Å². The van der Waals surface area contributed by atoms with Crippen molar-refractivity contribution in [1.82, 2.24) is 4.90 Å². The molecule has 0 spiro atoms. The Kier molecular flexibility index (Phi) is 6.15. The fourth-order valence-electron chi connectivity index (χ4n) is 2.01. The molecule has 114 valence electrons. The number of nitrogens with zero attached hydrogens (tertiary/aromatic N) is 3. The third-order valence-corrected chi connectivity index (χ3v) is 2.89. The second kappa shape index (κ2) is 7.62. The zero-order valence-corrected chi connectivity index (χ0v) is 11.2. The minimum Gasteiger partial charge on any atom is -0.418 e. The van der Waals surface area contributed by atoms with Gasteiger partial charge in [-0.2, -0.15) is 0 Å². The summed E-state index contributed by atoms with van der Waals surface area (Å²) in [5.74, 6) is -0.0342. The molecule has 0 atom stereocenters. The van der Waals surface area contributed by atoms with E-state index in [0.717, 1.165) is 25.9 Å². The van der Waals surface area contributed by atoms with Gasteiger partial charge < -0.3 is 22.2 Å². The minimum atomic E-state index is -6.00. The monoisotopic (exact) mass is 303 g/mol. The van der Waals surface area contributed by atoms with Crippen molar-refractivity contribution in [1.29, 1.82) is 5.39 Å². The highest BCUT2D eigenvalue weighted by atomic mass is 19.5. The van der Waals surface area contributed by atoms with E-state index in [4.69, 9.17) is 5.39 Å². The van der Waals surface area contributed by atoms with Gasteiger partial charge in [-0.1, -0.05) is 12.1 Å². The van der Waals surface area contributed by atoms with Gasteiger partial charge >= 0.3 is 12.9 Å². The van der Waals surface area contributed by atoms with Crippen LogP contribution >= 0.6 is 0 Å². The van der Waals surface area contributed by atoms with Crippen LogP contribution in [-0.2, 0) is 0 Å². The number of diazo groups is 1. The second-order valence-electron chi connectivity index (χ2n) is 4.46. The van der Waals surface area contributed by atoms with E-state index in [1.54, 1.807) is 24.3 Å². The van der Waals surface area contributed by atoms with Crippen molar-refractivity contribution >= 4 is 18.8 Å². The van der Waals surface area contributed by atoms with Gasteiger partial charge in [0.2, 0.25) is 5.39 Å². The molecular weight excluding hydrogens is 289 g/mol. The number of piperidine rings is 1. The molecule has 0 radical (unpaired) electrons. The number of likely N-dealkylation sites (tertiary alicyclic amines) is 1. The molecule has 1 aromatic carbocycles. The smallest absolute Gasteiger partial charge is 0.418 e. The fourth-order valence-corrected chi connectivity index (χ4v) is 2.01. The number of rotatable bonds is 1. The molecule has 0 unspecified atom stereocenters. The van der Waals surface area contributed by atoms with Crippen molar-refractivity contribution in [3.63, 3.8) is 0 Å². The third-order valence-electron chi connectivity index (χ3n) is 2.89. The Balaban J connectivity index is 0.000000383. The second-order valence-corrected chi connectivity index (χ2v) is 4.46. The molecule has 1 fully saturated rings. The van der Waals surface area contributed by atoms with Gasteiger partial charge in [-0.15, -0.1) is 0 Å². The molecule has 0 N–H and O–H groups in total. The number of benzene rings is 1. The molecule has 9 heteroatoms. The largest absolute Gasteiger partial charge is 0.673 e. The standard InChI is InChI=1S/C12H14N3O.BF4/c13-14-11-7-3-2-6-10(11)12(16)15-8-4-1-5-9-15;2-1(3,4)5/h2-3,6-7H,1,4-5,8-9H2;/q+1;-1. The Bertz CT molecular complexity index is 518. The number of carbonyl (C=O) groups is 1. The Labute approximate surface area is 119 Å². The molecule has 0 saturated carbocycles. The SMILES string of the molecule is F[B-](F)(F)F.N#[N+]c1ccccc1C(=O)N1CCCCC1. The Morgan fingerprint density at radius 3 is 2.14 bits per heavy atom. The molecule has 1 heterocycles. The van der Waals surface area contributed by atoms with Gasteiger partial charge in [0.1, 0.15) is 5.56 Å². The van der Waals surface area contributed by atoms with Crippen LogP contribution in [0.2, 0.25) is 0 Å². The molecule has 0 aromatic heterocycles. The highest BCUT2D eigenvalue weighted by Crippen LogP contribution is 2.21. The maximum atomic E-state index is 12.1. The lowest BCUT2D eigenvalue weighted by Gasteiger charge is -2.26. The first-order valence-electron chi connectivity index (χ1n) is 6.43. The van der Waals surface area contributed by atoms with E-state index in [-0.39, 0.29) is 5.91 Å². The van der Waals surface area contributed by atoms with Gasteiger partial charge in [0, 0.05) is 19.2 Å². The molecule has 21 heavy (non-hydrogen) atoms. The summed E-state index contributed by atoms with van der Waals surface area (Å²) in [5.41, 5.74) is 0.824. The van der Waals surface area contributed by atoms with E-state index in [9.17, 15) is 22.1 Å². The van der Waals surface area contributed by atoms with Crippen molar-refractivity contribution in [2.45, 2.75) is 19.3 Å². The predicted octanol–water partition coefficient (Wildman–Crippen LogP) is 4.10. The summed E-state index contributed by atoms with van der Waals surface area (Å²) < 4.78 is 39.0. The zero-order valence-electron chi connectivity index (χ0n) is 11.2. The van der Waals surface area contributed by atoms with Crippen molar-refractivity contribution in [2.75, 3.05) is 13.1 Å². The summed E-state index contributed by atoms with van der Waals surface area (Å²) in [7, 11) is -6.00. The van der Waals surface area contributed by atoms with Gasteiger partial charge in [0.15, 0.2) is 4.98 Å². The van der Waals surface area contributed by atoms with E-state index >= 15 is 0 Å². The van der Waals surface area contributed by atoms with Gasteiger partial charge in [-0.3, -0.25) is 4.79 Å². The quantitative estimate of drug-likeness (QED) is 0.445. The van der Waals surface area contributed by atoms with Crippen molar-refractivity contribution < 1.29 is 22.1 Å². The molecule has 2 rings (SSSR count). The van der Waals surface area contributed by atoms with Crippen LogP contribution < -0.4 is 0 Å². The summed E-state index contributed by atoms with van der Waals surface area (Å²) in [6.07, 6.45) is 3.31. The fraction of sp³-hybridized carbons (Fsp3) is 0.417. The van der Waals surface area contributed by atoms with Crippen LogP contribution in [0.4, 0.5) is 23.0 Å². The molecule has 1 amide bonds. The number of hydrogen-bond acceptors (Lipinski definition) is 2. The third kappa shape index (κ3) is 6.25. The molecule has 1 aliphatic heterocycles. The lowest BCUT2D eigenvalue weighted by Crippen LogP contribution is -2.35. The average Bonchev–Trinajstić information content (AvgIpc) is 2.45. The highest BCUT2D eigenvalue weighted by Gasteiger charge is 2.25. The van der Waals surface area contributed by atoms with Crippen LogP contribution in [0.5, 0.6) is 0 Å². The molecule has 1 aromatic rings. The summed E-state index contributed by atoms with van der Waals surface area (Å²) in [4.78, 5) is 17.1. The maximum Gasteiger partial charge on any atom is 0.673 e. The number of halogens is 4. The number of carbonyl (C=O) groups excluding carboxylic acids is 1. The van der Waals surface area contributed by atoms with Gasteiger partial charge in [0.05, 0.1) is 0 Å². The molecule has 4 nitrogen and oxygen atoms in total. The predicted molar refractivity (Wildman–Crippen MR) is 71.1 cm³/mol. The molecule has 0 aliphatic carbocycles. The Hall–Kier alpha value is -2.11. The van der Waals surface area contributed by atoms with Crippen LogP contribution in [-0.4, -0.2) is 31.2 Å². The highest BCUT2D eigenvalue weighted by molar-refractivity contribution is 6.50. The lowest BCUT2D eigenvalue weighted by molar-refractivity contribution is 0.0725. The van der Waals surface area contributed by atoms with Gasteiger partial charge in [-0.25, -0.2) is 0 Å². The Morgan fingerprint density at radius 1 is 1.10 bits per heavy atom. The van der Waals surface area contributed by atoms with Crippen LogP contribution in [0.1, 0.15) is 29.6 Å². The zero-order chi connectivity index (χ0) is 15.9. The summed E-state index contributed by atoms with van der Waals surface area (Å²) in [6, 6.07) is 6.87. The normalized spacial score (nSPS) is 14.7. The first-order chi connectivity index (χ1) is 9.83. The lowest BCUT2D eigenvalue weighted by atomic mass is 10.1. The first kappa shape index (κ1) is 16.9. The van der Waals surface area contributed by atoms with E-state index in [2.05, 4.69) is 4.98 Å². The van der Waals surface area contributed by atoms with E-state index in [1.807, 2.05) is 4.90 Å². The molecular formula is C12H14BF4N3O. The van der Waals surface area contributed by atoms with Crippen LogP contribution in [0.3, 0.4) is 0 Å². The van der Waals surface area contributed by atoms with Crippen LogP contribution in [0.15, 0.2) is 24.3 Å². The minimum absolute atomic E-state index is 0.0342. The maximum absolute atomic E-state index is 12.1. The summed E-state index contributed by atoms with van der Waals surface area (Å²) >= 11 is 0. The summed E-state index contributed by atoms with van der Waals surface area (Å²) in [5, 5.41) is 8.82. The average molecular weight is 303 g/mol. The van der Waals surface area contributed by atoms with E-state index in [0.29, 0.717) is 11.3 Å². The summed E-state index contributed by atoms with van der Waals surface area (Å²) in [6.45, 7) is 1.61. The van der Waals surface area contributed by atoms with Crippen molar-refractivity contribution in [3.8, 4) is 0 Å². The number of hydrogen-bond donors (Lipinski definition) is 0. The first-order valence-corrected chi connectivity index (χ1v) is 6.43.